The van der Waals surface area contributed by atoms with Crippen LogP contribution >= 0.6 is 0 Å². The number of hydrogen-bond donors (Lipinski definition) is 0. The van der Waals surface area contributed by atoms with Crippen LogP contribution in [0.3, 0.4) is 0 Å². The zero-order valence-corrected chi connectivity index (χ0v) is 18.1. The third kappa shape index (κ3) is 3.43. The number of fused-ring (bicyclic) bond motifs is 1. The first-order chi connectivity index (χ1) is 15.7. The molecule has 6 nitrogen and oxygen atoms in total. The van der Waals surface area contributed by atoms with Crippen LogP contribution in [0.1, 0.15) is 45.6 Å². The second kappa shape index (κ2) is 8.30. The van der Waals surface area contributed by atoms with Crippen molar-refractivity contribution in [3.63, 3.8) is 0 Å². The number of methoxy groups -OCH3 is 1. The maximum Gasteiger partial charge on any atom is 0.261 e. The molecule has 0 aliphatic carbocycles. The first-order valence-electron chi connectivity index (χ1n) is 10.6. The molecule has 2 atom stereocenters. The number of benzene rings is 3. The summed E-state index contributed by atoms with van der Waals surface area (Å²) in [6, 6.07) is 25.6. The van der Waals surface area contributed by atoms with E-state index in [1.807, 2.05) is 78.3 Å². The van der Waals surface area contributed by atoms with Gasteiger partial charge in [-0.1, -0.05) is 60.7 Å². The molecule has 0 unspecified atom stereocenters. The van der Waals surface area contributed by atoms with Crippen LogP contribution in [0.15, 0.2) is 85.2 Å². The maximum absolute atomic E-state index is 13.9. The van der Waals surface area contributed by atoms with Crippen molar-refractivity contribution in [1.82, 2.24) is 14.8 Å². The zero-order valence-electron chi connectivity index (χ0n) is 18.1. The zero-order chi connectivity index (χ0) is 22.1. The monoisotopic (exact) mass is 424 g/mol. The molecule has 3 aromatic carbocycles. The minimum absolute atomic E-state index is 0.0262. The average Bonchev–Trinajstić information content (AvgIpc) is 3.33. The smallest absolute Gasteiger partial charge is 0.261 e. The second-order valence-corrected chi connectivity index (χ2v) is 7.95. The van der Waals surface area contributed by atoms with Crippen molar-refractivity contribution in [3.05, 3.63) is 107 Å². The van der Waals surface area contributed by atoms with Gasteiger partial charge in [0.1, 0.15) is 12.1 Å². The molecule has 1 aliphatic rings. The fourth-order valence-electron chi connectivity index (χ4n) is 4.43. The number of hydrogen-bond acceptors (Lipinski definition) is 4. The molecule has 0 radical (unpaired) electrons. The summed E-state index contributed by atoms with van der Waals surface area (Å²) in [5.74, 6) is 1.26. The molecule has 1 aromatic heterocycles. The van der Waals surface area contributed by atoms with E-state index < -0.39 is 0 Å². The number of nitrogens with zero attached hydrogens (tertiary/aromatic N) is 4. The number of aryl methyl sites for hydroxylation is 1. The lowest BCUT2D eigenvalue weighted by molar-refractivity contribution is 0.0962. The predicted octanol–water partition coefficient (Wildman–Crippen LogP) is 4.98. The number of rotatable bonds is 4. The van der Waals surface area contributed by atoms with Crippen molar-refractivity contribution < 1.29 is 9.53 Å². The van der Waals surface area contributed by atoms with Gasteiger partial charge in [0, 0.05) is 5.56 Å². The molecule has 5 rings (SSSR count). The highest BCUT2D eigenvalue weighted by atomic mass is 16.5. The van der Waals surface area contributed by atoms with Crippen molar-refractivity contribution in [1.29, 1.82) is 0 Å². The number of anilines is 1. The van der Waals surface area contributed by atoms with Gasteiger partial charge in [-0.2, -0.15) is 10.1 Å². The van der Waals surface area contributed by atoms with E-state index in [9.17, 15) is 4.79 Å². The largest absolute Gasteiger partial charge is 0.497 e. The van der Waals surface area contributed by atoms with Crippen molar-refractivity contribution in [2.45, 2.75) is 25.4 Å². The Morgan fingerprint density at radius 3 is 2.31 bits per heavy atom. The van der Waals surface area contributed by atoms with Crippen LogP contribution in [0.4, 0.5) is 5.95 Å². The molecule has 0 fully saturated rings. The highest BCUT2D eigenvalue weighted by Gasteiger charge is 2.40. The molecule has 1 amide bonds. The molecule has 0 N–H and O–H groups in total. The number of carbonyl (C=O) groups excluding carboxylic acids is 1. The Morgan fingerprint density at radius 2 is 1.59 bits per heavy atom. The van der Waals surface area contributed by atoms with E-state index >= 15 is 0 Å². The van der Waals surface area contributed by atoms with Gasteiger partial charge in [-0.15, -0.1) is 0 Å². The minimum Gasteiger partial charge on any atom is -0.497 e. The van der Waals surface area contributed by atoms with Gasteiger partial charge in [-0.3, -0.25) is 9.69 Å². The number of carbonyl (C=O) groups is 1. The summed E-state index contributed by atoms with van der Waals surface area (Å²) in [6.07, 6.45) is 2.21. The van der Waals surface area contributed by atoms with Crippen molar-refractivity contribution in [2.24, 2.45) is 0 Å². The Kier molecular flexibility index (Phi) is 5.19. The standard InChI is InChI=1S/C26H24N4O2/c1-18-8-6-7-11-22(18)25(31)29-23(20-12-14-21(32-2)15-13-20)16-24(19-9-4-3-5-10-19)30-26(29)27-17-28-30/h3-15,17,23-24H,16H2,1-2H3/t23-,24-/m1/s1. The lowest BCUT2D eigenvalue weighted by Gasteiger charge is -2.39. The molecule has 0 saturated heterocycles. The van der Waals surface area contributed by atoms with Gasteiger partial charge in [0.2, 0.25) is 5.95 Å². The summed E-state index contributed by atoms with van der Waals surface area (Å²) in [6.45, 7) is 1.96. The summed E-state index contributed by atoms with van der Waals surface area (Å²) < 4.78 is 7.21. The lowest BCUT2D eigenvalue weighted by Crippen LogP contribution is -2.42. The molecule has 6 heteroatoms. The van der Waals surface area contributed by atoms with Crippen LogP contribution in [0.25, 0.3) is 0 Å². The van der Waals surface area contributed by atoms with E-state index in [0.29, 0.717) is 17.9 Å². The number of ether oxygens (including phenoxy) is 1. The summed E-state index contributed by atoms with van der Waals surface area (Å²) in [5, 5.41) is 4.51. The number of aromatic nitrogens is 3. The van der Waals surface area contributed by atoms with Gasteiger partial charge in [0.25, 0.3) is 5.91 Å². The van der Waals surface area contributed by atoms with E-state index in [0.717, 1.165) is 22.4 Å². The molecule has 0 bridgehead atoms. The molecule has 0 spiro atoms. The molecule has 160 valence electrons. The third-order valence-electron chi connectivity index (χ3n) is 6.10. The fourth-order valence-corrected chi connectivity index (χ4v) is 4.43. The fraction of sp³-hybridized carbons (Fsp3) is 0.192. The van der Waals surface area contributed by atoms with Crippen molar-refractivity contribution >= 4 is 11.9 Å². The minimum atomic E-state index is -0.199. The van der Waals surface area contributed by atoms with Crippen LogP contribution in [-0.2, 0) is 0 Å². The Bertz CT molecular complexity index is 1230. The van der Waals surface area contributed by atoms with Crippen molar-refractivity contribution in [3.8, 4) is 5.75 Å². The first-order valence-corrected chi connectivity index (χ1v) is 10.6. The summed E-state index contributed by atoms with van der Waals surface area (Å²) in [4.78, 5) is 20.2. The molecule has 1 aliphatic heterocycles. The number of amides is 1. The van der Waals surface area contributed by atoms with Gasteiger partial charge in [0.15, 0.2) is 0 Å². The van der Waals surface area contributed by atoms with Crippen molar-refractivity contribution in [2.75, 3.05) is 12.0 Å². The van der Waals surface area contributed by atoms with E-state index in [4.69, 9.17) is 4.74 Å². The van der Waals surface area contributed by atoms with Crippen LogP contribution in [0, 0.1) is 6.92 Å². The van der Waals surface area contributed by atoms with E-state index in [2.05, 4.69) is 22.2 Å². The van der Waals surface area contributed by atoms with Gasteiger partial charge >= 0.3 is 0 Å². The third-order valence-corrected chi connectivity index (χ3v) is 6.10. The molecule has 4 aromatic rings. The Morgan fingerprint density at radius 1 is 0.906 bits per heavy atom. The second-order valence-electron chi connectivity index (χ2n) is 7.95. The molecular weight excluding hydrogens is 400 g/mol. The van der Waals surface area contributed by atoms with Gasteiger partial charge in [0.05, 0.1) is 19.2 Å². The SMILES string of the molecule is COc1ccc([C@H]2C[C@H](c3ccccc3)n3ncnc3N2C(=O)c2ccccc2C)cc1. The topological polar surface area (TPSA) is 60.2 Å². The summed E-state index contributed by atoms with van der Waals surface area (Å²) >= 11 is 0. The Hall–Kier alpha value is -3.93. The van der Waals surface area contributed by atoms with E-state index in [-0.39, 0.29) is 18.0 Å². The highest BCUT2D eigenvalue weighted by molar-refractivity contribution is 6.06. The Balaban J connectivity index is 1.65. The maximum atomic E-state index is 13.9. The molecule has 32 heavy (non-hydrogen) atoms. The average molecular weight is 425 g/mol. The normalized spacial score (nSPS) is 17.6. The first kappa shape index (κ1) is 20.0. The van der Waals surface area contributed by atoms with E-state index in [1.165, 1.54) is 6.33 Å². The van der Waals surface area contributed by atoms with Crippen LogP contribution < -0.4 is 9.64 Å². The molecule has 0 saturated carbocycles. The van der Waals surface area contributed by atoms with Crippen LogP contribution in [-0.4, -0.2) is 27.8 Å². The van der Waals surface area contributed by atoms with Gasteiger partial charge in [-0.05, 0) is 48.2 Å². The van der Waals surface area contributed by atoms with Gasteiger partial charge < -0.3 is 4.74 Å². The van der Waals surface area contributed by atoms with Gasteiger partial charge in [-0.25, -0.2) is 4.68 Å². The summed E-state index contributed by atoms with van der Waals surface area (Å²) in [7, 11) is 1.65. The quantitative estimate of drug-likeness (QED) is 0.464. The Labute approximate surface area is 187 Å². The summed E-state index contributed by atoms with van der Waals surface area (Å²) in [5.41, 5.74) is 3.77. The predicted molar refractivity (Wildman–Crippen MR) is 123 cm³/mol. The molecule has 2 heterocycles. The lowest BCUT2D eigenvalue weighted by atomic mass is 9.91. The van der Waals surface area contributed by atoms with Crippen LogP contribution in [0.2, 0.25) is 0 Å². The van der Waals surface area contributed by atoms with E-state index in [1.54, 1.807) is 12.0 Å². The van der Waals surface area contributed by atoms with Crippen LogP contribution in [0.5, 0.6) is 5.75 Å². The highest BCUT2D eigenvalue weighted by Crippen LogP contribution is 2.42. The molecular formula is C26H24N4O2.